The molecule has 0 saturated carbocycles. The molecule has 16 heavy (non-hydrogen) atoms. The quantitative estimate of drug-likeness (QED) is 0.832. The molecule has 1 aromatic carbocycles. The van der Waals surface area contributed by atoms with E-state index in [-0.39, 0.29) is 0 Å². The van der Waals surface area contributed by atoms with E-state index in [0.29, 0.717) is 18.0 Å². The van der Waals surface area contributed by atoms with Crippen LogP contribution in [0.3, 0.4) is 0 Å². The third kappa shape index (κ3) is 2.74. The second-order valence-electron chi connectivity index (χ2n) is 4.00. The molecule has 1 aromatic rings. The van der Waals surface area contributed by atoms with Gasteiger partial charge in [0.25, 0.3) is 0 Å². The molecule has 0 aliphatic heterocycles. The van der Waals surface area contributed by atoms with Gasteiger partial charge in [0.15, 0.2) is 0 Å². The first-order valence-electron chi connectivity index (χ1n) is 5.15. The summed E-state index contributed by atoms with van der Waals surface area (Å²) < 4.78 is 0. The van der Waals surface area contributed by atoms with Gasteiger partial charge >= 0.3 is 5.97 Å². The highest BCUT2D eigenvalue weighted by atomic mass is 35.5. The van der Waals surface area contributed by atoms with Crippen molar-refractivity contribution >= 4 is 17.6 Å². The fraction of sp³-hybridized carbons (Fsp3) is 0.417. The van der Waals surface area contributed by atoms with Gasteiger partial charge in [0.05, 0.1) is 5.41 Å². The SMILES string of the molecule is CNCCC(C)(C(=O)O)c1ccc(Cl)cc1. The number of hydrogen-bond donors (Lipinski definition) is 2. The van der Waals surface area contributed by atoms with Gasteiger partial charge in [-0.1, -0.05) is 23.7 Å². The van der Waals surface area contributed by atoms with Crippen molar-refractivity contribution in [3.63, 3.8) is 0 Å². The molecule has 0 radical (unpaired) electrons. The van der Waals surface area contributed by atoms with E-state index < -0.39 is 11.4 Å². The summed E-state index contributed by atoms with van der Waals surface area (Å²) in [4.78, 5) is 11.4. The maximum absolute atomic E-state index is 11.4. The van der Waals surface area contributed by atoms with E-state index in [1.807, 2.05) is 7.05 Å². The van der Waals surface area contributed by atoms with Crippen molar-refractivity contribution < 1.29 is 9.90 Å². The molecule has 1 atom stereocenters. The molecule has 0 amide bonds. The first-order valence-corrected chi connectivity index (χ1v) is 5.52. The number of rotatable bonds is 5. The van der Waals surface area contributed by atoms with Crippen molar-refractivity contribution in [2.24, 2.45) is 0 Å². The predicted molar refractivity (Wildman–Crippen MR) is 65.0 cm³/mol. The molecule has 3 nitrogen and oxygen atoms in total. The minimum atomic E-state index is -0.867. The van der Waals surface area contributed by atoms with Crippen molar-refractivity contribution in [2.75, 3.05) is 13.6 Å². The molecule has 1 rings (SSSR count). The first kappa shape index (κ1) is 13.0. The molecule has 0 aliphatic rings. The monoisotopic (exact) mass is 241 g/mol. The van der Waals surface area contributed by atoms with Crippen LogP contribution in [0.5, 0.6) is 0 Å². The van der Waals surface area contributed by atoms with Gasteiger partial charge in [0, 0.05) is 5.02 Å². The van der Waals surface area contributed by atoms with Crippen LogP contribution < -0.4 is 5.32 Å². The van der Waals surface area contributed by atoms with Gasteiger partial charge in [-0.05, 0) is 44.6 Å². The van der Waals surface area contributed by atoms with Gasteiger partial charge in [0.1, 0.15) is 0 Å². The van der Waals surface area contributed by atoms with E-state index in [2.05, 4.69) is 5.32 Å². The largest absolute Gasteiger partial charge is 0.481 e. The summed E-state index contributed by atoms with van der Waals surface area (Å²) in [6, 6.07) is 6.98. The normalized spacial score (nSPS) is 14.4. The molecule has 88 valence electrons. The number of carboxylic acid groups (broad SMARTS) is 1. The molecular formula is C12H16ClNO2. The molecule has 0 fully saturated rings. The molecular weight excluding hydrogens is 226 g/mol. The van der Waals surface area contributed by atoms with Crippen LogP contribution in [0.1, 0.15) is 18.9 Å². The Morgan fingerprint density at radius 1 is 1.44 bits per heavy atom. The molecule has 0 saturated heterocycles. The molecule has 0 bridgehead atoms. The van der Waals surface area contributed by atoms with Gasteiger partial charge in [-0.25, -0.2) is 0 Å². The van der Waals surface area contributed by atoms with Crippen molar-refractivity contribution in [3.8, 4) is 0 Å². The first-order chi connectivity index (χ1) is 7.50. The zero-order valence-corrected chi connectivity index (χ0v) is 10.2. The van der Waals surface area contributed by atoms with Crippen molar-refractivity contribution in [2.45, 2.75) is 18.8 Å². The van der Waals surface area contributed by atoms with E-state index in [9.17, 15) is 9.90 Å². The Morgan fingerprint density at radius 2 is 2.00 bits per heavy atom. The van der Waals surface area contributed by atoms with E-state index >= 15 is 0 Å². The average Bonchev–Trinajstić information content (AvgIpc) is 2.26. The lowest BCUT2D eigenvalue weighted by Crippen LogP contribution is -2.35. The second kappa shape index (κ2) is 5.32. The lowest BCUT2D eigenvalue weighted by molar-refractivity contribution is -0.143. The van der Waals surface area contributed by atoms with Gasteiger partial charge < -0.3 is 10.4 Å². The number of benzene rings is 1. The Hall–Kier alpha value is -1.06. The summed E-state index contributed by atoms with van der Waals surface area (Å²) >= 11 is 5.79. The third-order valence-electron chi connectivity index (χ3n) is 2.83. The topological polar surface area (TPSA) is 49.3 Å². The van der Waals surface area contributed by atoms with Crippen molar-refractivity contribution in [1.29, 1.82) is 0 Å². The lowest BCUT2D eigenvalue weighted by Gasteiger charge is -2.25. The minimum Gasteiger partial charge on any atom is -0.481 e. The Bertz CT molecular complexity index is 364. The van der Waals surface area contributed by atoms with Crippen LogP contribution in [0, 0.1) is 0 Å². The number of nitrogens with one attached hydrogen (secondary N) is 1. The average molecular weight is 242 g/mol. The van der Waals surface area contributed by atoms with Crippen LogP contribution in [0.25, 0.3) is 0 Å². The van der Waals surface area contributed by atoms with Crippen LogP contribution in [0.4, 0.5) is 0 Å². The summed E-state index contributed by atoms with van der Waals surface area (Å²) in [5, 5.41) is 12.9. The van der Waals surface area contributed by atoms with Crippen molar-refractivity contribution in [3.05, 3.63) is 34.9 Å². The van der Waals surface area contributed by atoms with Crippen LogP contribution in [0.2, 0.25) is 5.02 Å². The van der Waals surface area contributed by atoms with Crippen LogP contribution >= 0.6 is 11.6 Å². The maximum Gasteiger partial charge on any atom is 0.313 e. The predicted octanol–water partition coefficient (Wildman–Crippen LogP) is 2.29. The van der Waals surface area contributed by atoms with Crippen LogP contribution in [-0.2, 0) is 10.2 Å². The molecule has 0 aromatic heterocycles. The number of aliphatic carboxylic acids is 1. The highest BCUT2D eigenvalue weighted by Crippen LogP contribution is 2.28. The van der Waals surface area contributed by atoms with Gasteiger partial charge in [-0.15, -0.1) is 0 Å². The zero-order chi connectivity index (χ0) is 12.2. The molecule has 1 unspecified atom stereocenters. The summed E-state index contributed by atoms with van der Waals surface area (Å²) in [6.07, 6.45) is 0.542. The summed E-state index contributed by atoms with van der Waals surface area (Å²) in [7, 11) is 1.81. The number of hydrogen-bond acceptors (Lipinski definition) is 2. The van der Waals surface area contributed by atoms with Crippen molar-refractivity contribution in [1.82, 2.24) is 5.32 Å². The Kier molecular flexibility index (Phi) is 4.33. The van der Waals surface area contributed by atoms with E-state index in [4.69, 9.17) is 11.6 Å². The minimum absolute atomic E-state index is 0.542. The summed E-state index contributed by atoms with van der Waals surface area (Å²) in [5.74, 6) is -0.815. The maximum atomic E-state index is 11.4. The van der Waals surface area contributed by atoms with Gasteiger partial charge in [0.2, 0.25) is 0 Å². The molecule has 2 N–H and O–H groups in total. The fourth-order valence-electron chi connectivity index (χ4n) is 1.57. The van der Waals surface area contributed by atoms with Crippen LogP contribution in [-0.4, -0.2) is 24.7 Å². The summed E-state index contributed by atoms with van der Waals surface area (Å²) in [5.41, 5.74) is -0.0900. The molecule has 0 spiro atoms. The smallest absolute Gasteiger partial charge is 0.313 e. The number of carboxylic acids is 1. The highest BCUT2D eigenvalue weighted by Gasteiger charge is 2.34. The molecule has 4 heteroatoms. The van der Waals surface area contributed by atoms with Gasteiger partial charge in [-0.3, -0.25) is 4.79 Å². The van der Waals surface area contributed by atoms with E-state index in [1.165, 1.54) is 0 Å². The van der Waals surface area contributed by atoms with E-state index in [0.717, 1.165) is 5.56 Å². The second-order valence-corrected chi connectivity index (χ2v) is 4.43. The van der Waals surface area contributed by atoms with Crippen LogP contribution in [0.15, 0.2) is 24.3 Å². The standard InChI is InChI=1S/C12H16ClNO2/c1-12(11(15)16,7-8-14-2)9-3-5-10(13)6-4-9/h3-6,14H,7-8H2,1-2H3,(H,15,16). The zero-order valence-electron chi connectivity index (χ0n) is 9.46. The Labute approximate surface area is 100 Å². The Balaban J connectivity index is 3.01. The molecule has 0 aliphatic carbocycles. The Morgan fingerprint density at radius 3 is 2.44 bits per heavy atom. The highest BCUT2D eigenvalue weighted by molar-refractivity contribution is 6.30. The van der Waals surface area contributed by atoms with E-state index in [1.54, 1.807) is 31.2 Å². The molecule has 0 heterocycles. The lowest BCUT2D eigenvalue weighted by atomic mass is 9.79. The fourth-order valence-corrected chi connectivity index (χ4v) is 1.69. The van der Waals surface area contributed by atoms with Gasteiger partial charge in [-0.2, -0.15) is 0 Å². The number of carbonyl (C=O) groups is 1. The third-order valence-corrected chi connectivity index (χ3v) is 3.08. The number of halogens is 1. The summed E-state index contributed by atoms with van der Waals surface area (Å²) in [6.45, 7) is 2.39.